The Bertz CT molecular complexity index is 213. The third kappa shape index (κ3) is 3.46. The van der Waals surface area contributed by atoms with Crippen LogP contribution in [0.15, 0.2) is 22.8 Å². The van der Waals surface area contributed by atoms with Gasteiger partial charge in [0.1, 0.15) is 5.76 Å². The fourth-order valence-corrected chi connectivity index (χ4v) is 0.918. The van der Waals surface area contributed by atoms with E-state index < -0.39 is 12.6 Å². The highest BCUT2D eigenvalue weighted by Crippen LogP contribution is 2.22. The predicted octanol–water partition coefficient (Wildman–Crippen LogP) is 3.16. The lowest BCUT2D eigenvalue weighted by Crippen LogP contribution is -2.06. The molecule has 12 heavy (non-hydrogen) atoms. The van der Waals surface area contributed by atoms with Crippen molar-refractivity contribution in [2.75, 3.05) is 0 Å². The highest BCUT2D eigenvalue weighted by Gasteiger charge is 2.26. The van der Waals surface area contributed by atoms with Crippen LogP contribution in [0.1, 0.15) is 18.6 Å². The first kappa shape index (κ1) is 9.16. The summed E-state index contributed by atoms with van der Waals surface area (Å²) in [5.74, 6) is 0.610. The van der Waals surface area contributed by atoms with E-state index in [0.29, 0.717) is 12.2 Å². The molecule has 0 bridgehead atoms. The highest BCUT2D eigenvalue weighted by molar-refractivity contribution is 4.97. The van der Waals surface area contributed by atoms with Crippen LogP contribution in [0.2, 0.25) is 0 Å². The number of halogens is 3. The van der Waals surface area contributed by atoms with E-state index in [2.05, 4.69) is 0 Å². The summed E-state index contributed by atoms with van der Waals surface area (Å²) in [6, 6.07) is 3.35. The van der Waals surface area contributed by atoms with Crippen molar-refractivity contribution in [3.8, 4) is 0 Å². The second kappa shape index (κ2) is 3.65. The molecule has 0 N–H and O–H groups in total. The van der Waals surface area contributed by atoms with Gasteiger partial charge in [0.05, 0.1) is 6.26 Å². The van der Waals surface area contributed by atoms with Gasteiger partial charge in [-0.05, 0) is 18.6 Å². The van der Waals surface area contributed by atoms with Crippen LogP contribution >= 0.6 is 0 Å². The molecule has 0 saturated carbocycles. The van der Waals surface area contributed by atoms with Gasteiger partial charge in [-0.25, -0.2) is 0 Å². The van der Waals surface area contributed by atoms with E-state index in [1.807, 2.05) is 0 Å². The van der Waals surface area contributed by atoms with E-state index in [1.165, 1.54) is 6.26 Å². The Labute approximate surface area is 68.2 Å². The minimum absolute atomic E-state index is 0.0943. The molecule has 0 spiro atoms. The van der Waals surface area contributed by atoms with Gasteiger partial charge in [0.15, 0.2) is 0 Å². The van der Waals surface area contributed by atoms with Crippen molar-refractivity contribution in [3.05, 3.63) is 24.2 Å². The summed E-state index contributed by atoms with van der Waals surface area (Å²) in [7, 11) is 0. The topological polar surface area (TPSA) is 13.1 Å². The first-order valence-electron chi connectivity index (χ1n) is 3.67. The van der Waals surface area contributed by atoms with Gasteiger partial charge in [-0.3, -0.25) is 0 Å². The molecule has 0 aromatic carbocycles. The van der Waals surface area contributed by atoms with E-state index in [9.17, 15) is 13.2 Å². The summed E-state index contributed by atoms with van der Waals surface area (Å²) >= 11 is 0. The highest BCUT2D eigenvalue weighted by atomic mass is 19.4. The standard InChI is InChI=1S/C8H9F3O/c9-8(10,11)5-1-3-7-4-2-6-12-7/h2,4,6H,1,3,5H2. The molecule has 0 atom stereocenters. The maximum atomic E-state index is 11.7. The van der Waals surface area contributed by atoms with Crippen LogP contribution in [0.4, 0.5) is 13.2 Å². The van der Waals surface area contributed by atoms with Crippen LogP contribution < -0.4 is 0 Å². The van der Waals surface area contributed by atoms with Crippen molar-refractivity contribution in [2.45, 2.75) is 25.4 Å². The Hall–Kier alpha value is -0.930. The summed E-state index contributed by atoms with van der Waals surface area (Å²) < 4.78 is 39.8. The van der Waals surface area contributed by atoms with Gasteiger partial charge in [0, 0.05) is 12.8 Å². The second-order valence-corrected chi connectivity index (χ2v) is 2.55. The Morgan fingerprint density at radius 1 is 1.33 bits per heavy atom. The van der Waals surface area contributed by atoms with Crippen molar-refractivity contribution in [1.29, 1.82) is 0 Å². The average molecular weight is 178 g/mol. The second-order valence-electron chi connectivity index (χ2n) is 2.55. The molecule has 0 amide bonds. The summed E-state index contributed by atoms with van der Waals surface area (Å²) in [6.07, 6.45) is -2.88. The van der Waals surface area contributed by atoms with E-state index in [4.69, 9.17) is 4.42 Å². The lowest BCUT2D eigenvalue weighted by atomic mass is 10.2. The van der Waals surface area contributed by atoms with Crippen LogP contribution in [0.25, 0.3) is 0 Å². The maximum Gasteiger partial charge on any atom is 0.389 e. The molecular formula is C8H9F3O. The fourth-order valence-electron chi connectivity index (χ4n) is 0.918. The summed E-state index contributed by atoms with van der Waals surface area (Å²) in [5, 5.41) is 0. The minimum Gasteiger partial charge on any atom is -0.469 e. The van der Waals surface area contributed by atoms with Gasteiger partial charge >= 0.3 is 6.18 Å². The molecule has 0 aliphatic carbocycles. The number of furan rings is 1. The first-order chi connectivity index (χ1) is 5.58. The molecular weight excluding hydrogens is 169 g/mol. The van der Waals surface area contributed by atoms with Gasteiger partial charge in [0.2, 0.25) is 0 Å². The van der Waals surface area contributed by atoms with Gasteiger partial charge in [0.25, 0.3) is 0 Å². The minimum atomic E-state index is -4.05. The third-order valence-corrected chi connectivity index (χ3v) is 1.46. The van der Waals surface area contributed by atoms with Crippen molar-refractivity contribution < 1.29 is 17.6 Å². The Morgan fingerprint density at radius 3 is 2.58 bits per heavy atom. The van der Waals surface area contributed by atoms with Crippen LogP contribution in [0.5, 0.6) is 0 Å². The molecule has 0 fully saturated rings. The summed E-state index contributed by atoms with van der Waals surface area (Å²) in [5.41, 5.74) is 0. The van der Waals surface area contributed by atoms with Crippen molar-refractivity contribution in [2.24, 2.45) is 0 Å². The zero-order valence-electron chi connectivity index (χ0n) is 6.40. The molecule has 1 rings (SSSR count). The zero-order chi connectivity index (χ0) is 9.03. The van der Waals surface area contributed by atoms with Crippen LogP contribution in [-0.2, 0) is 6.42 Å². The number of alkyl halides is 3. The van der Waals surface area contributed by atoms with Gasteiger partial charge < -0.3 is 4.42 Å². The SMILES string of the molecule is FC(F)(F)CCCc1ccco1. The number of aryl methyl sites for hydroxylation is 1. The van der Waals surface area contributed by atoms with Crippen LogP contribution in [-0.4, -0.2) is 6.18 Å². The molecule has 4 heteroatoms. The fraction of sp³-hybridized carbons (Fsp3) is 0.500. The average Bonchev–Trinajstić information content (AvgIpc) is 2.36. The molecule has 1 nitrogen and oxygen atoms in total. The summed E-state index contributed by atoms with van der Waals surface area (Å²) in [6.45, 7) is 0. The molecule has 0 unspecified atom stereocenters. The van der Waals surface area contributed by atoms with E-state index in [-0.39, 0.29) is 6.42 Å². The number of rotatable bonds is 3. The summed E-state index contributed by atoms with van der Waals surface area (Å²) in [4.78, 5) is 0. The first-order valence-corrected chi connectivity index (χ1v) is 3.67. The van der Waals surface area contributed by atoms with Crippen LogP contribution in [0.3, 0.4) is 0 Å². The van der Waals surface area contributed by atoms with E-state index >= 15 is 0 Å². The lowest BCUT2D eigenvalue weighted by Gasteiger charge is -2.03. The maximum absolute atomic E-state index is 11.7. The number of hydrogen-bond acceptors (Lipinski definition) is 1. The molecule has 0 aliphatic rings. The van der Waals surface area contributed by atoms with Gasteiger partial charge in [-0.2, -0.15) is 13.2 Å². The van der Waals surface area contributed by atoms with Crippen molar-refractivity contribution in [1.82, 2.24) is 0 Å². The predicted molar refractivity (Wildman–Crippen MR) is 37.7 cm³/mol. The lowest BCUT2D eigenvalue weighted by molar-refractivity contribution is -0.135. The smallest absolute Gasteiger partial charge is 0.389 e. The van der Waals surface area contributed by atoms with Gasteiger partial charge in [-0.15, -0.1) is 0 Å². The molecule has 0 aliphatic heterocycles. The number of hydrogen-bond donors (Lipinski definition) is 0. The van der Waals surface area contributed by atoms with E-state index in [1.54, 1.807) is 12.1 Å². The molecule has 1 heterocycles. The van der Waals surface area contributed by atoms with Crippen molar-refractivity contribution in [3.63, 3.8) is 0 Å². The molecule has 1 aromatic rings. The third-order valence-electron chi connectivity index (χ3n) is 1.46. The van der Waals surface area contributed by atoms with Crippen molar-refractivity contribution >= 4 is 0 Å². The molecule has 1 aromatic heterocycles. The quantitative estimate of drug-likeness (QED) is 0.692. The Morgan fingerprint density at radius 2 is 2.08 bits per heavy atom. The normalized spacial score (nSPS) is 11.9. The Kier molecular flexibility index (Phi) is 2.78. The molecule has 68 valence electrons. The molecule has 0 saturated heterocycles. The zero-order valence-corrected chi connectivity index (χ0v) is 6.40. The monoisotopic (exact) mass is 178 g/mol. The largest absolute Gasteiger partial charge is 0.469 e. The van der Waals surface area contributed by atoms with Gasteiger partial charge in [-0.1, -0.05) is 0 Å². The molecule has 0 radical (unpaired) electrons. The van der Waals surface area contributed by atoms with Crippen LogP contribution in [0, 0.1) is 0 Å². The Balaban J connectivity index is 2.20. The van der Waals surface area contributed by atoms with E-state index in [0.717, 1.165) is 0 Å².